The van der Waals surface area contributed by atoms with Gasteiger partial charge in [-0.05, 0) is 37.1 Å². The molecule has 0 aliphatic heterocycles. The maximum Gasteiger partial charge on any atom is 0.119 e. The molecule has 0 aliphatic rings. The Morgan fingerprint density at radius 3 is 2.39 bits per heavy atom. The molecular weight excluding hydrogens is 222 g/mol. The van der Waals surface area contributed by atoms with Crippen LogP contribution < -0.4 is 10.5 Å². The van der Waals surface area contributed by atoms with Gasteiger partial charge in [0, 0.05) is 0 Å². The molecule has 0 radical (unpaired) electrons. The topological polar surface area (TPSA) is 35.2 Å². The SMILES string of the molecule is Cc1ccc(C(N)COc2cccc(C)c2)cc1. The molecule has 0 saturated carbocycles. The summed E-state index contributed by atoms with van der Waals surface area (Å²) < 4.78 is 5.71. The number of hydrogen-bond donors (Lipinski definition) is 1. The lowest BCUT2D eigenvalue weighted by Gasteiger charge is -2.14. The van der Waals surface area contributed by atoms with Crippen molar-refractivity contribution in [2.24, 2.45) is 5.73 Å². The molecule has 2 N–H and O–H groups in total. The van der Waals surface area contributed by atoms with Crippen LogP contribution in [0.5, 0.6) is 5.75 Å². The fourth-order valence-corrected chi connectivity index (χ4v) is 1.80. The smallest absolute Gasteiger partial charge is 0.119 e. The standard InChI is InChI=1S/C16H19NO/c1-12-6-8-14(9-7-12)16(17)11-18-15-5-3-4-13(2)10-15/h3-10,16H,11,17H2,1-2H3. The molecule has 1 unspecified atom stereocenters. The minimum absolute atomic E-state index is 0.0916. The predicted octanol–water partition coefficient (Wildman–Crippen LogP) is 3.38. The van der Waals surface area contributed by atoms with Crippen LogP contribution in [0.1, 0.15) is 22.7 Å². The second-order valence-corrected chi connectivity index (χ2v) is 4.64. The summed E-state index contributed by atoms with van der Waals surface area (Å²) in [6.45, 7) is 4.61. The highest BCUT2D eigenvalue weighted by molar-refractivity contribution is 5.28. The van der Waals surface area contributed by atoms with Crippen molar-refractivity contribution < 1.29 is 4.74 Å². The number of aryl methyl sites for hydroxylation is 2. The average molecular weight is 241 g/mol. The Hall–Kier alpha value is -1.80. The highest BCUT2D eigenvalue weighted by Crippen LogP contribution is 2.16. The maximum atomic E-state index is 6.11. The van der Waals surface area contributed by atoms with Crippen molar-refractivity contribution >= 4 is 0 Å². The van der Waals surface area contributed by atoms with Gasteiger partial charge in [0.2, 0.25) is 0 Å². The van der Waals surface area contributed by atoms with E-state index in [0.29, 0.717) is 6.61 Å². The number of rotatable bonds is 4. The van der Waals surface area contributed by atoms with Crippen molar-refractivity contribution in [3.63, 3.8) is 0 Å². The first kappa shape index (κ1) is 12.7. The summed E-state index contributed by atoms with van der Waals surface area (Å²) in [5.74, 6) is 0.873. The lowest BCUT2D eigenvalue weighted by atomic mass is 10.1. The molecule has 0 bridgehead atoms. The van der Waals surface area contributed by atoms with Crippen molar-refractivity contribution in [2.75, 3.05) is 6.61 Å². The normalized spacial score (nSPS) is 12.2. The fourth-order valence-electron chi connectivity index (χ4n) is 1.80. The zero-order valence-corrected chi connectivity index (χ0v) is 10.9. The van der Waals surface area contributed by atoms with Gasteiger partial charge in [0.05, 0.1) is 6.04 Å². The molecule has 0 amide bonds. The van der Waals surface area contributed by atoms with E-state index in [1.54, 1.807) is 0 Å². The first-order valence-electron chi connectivity index (χ1n) is 6.17. The van der Waals surface area contributed by atoms with Crippen molar-refractivity contribution in [1.29, 1.82) is 0 Å². The van der Waals surface area contributed by atoms with Crippen LogP contribution in [-0.2, 0) is 0 Å². The third-order valence-electron chi connectivity index (χ3n) is 2.92. The lowest BCUT2D eigenvalue weighted by Crippen LogP contribution is -2.18. The van der Waals surface area contributed by atoms with E-state index in [4.69, 9.17) is 10.5 Å². The second kappa shape index (κ2) is 5.69. The number of hydrogen-bond acceptors (Lipinski definition) is 2. The number of ether oxygens (including phenoxy) is 1. The summed E-state index contributed by atoms with van der Waals surface area (Å²) in [6, 6.07) is 16.2. The van der Waals surface area contributed by atoms with Gasteiger partial charge in [-0.25, -0.2) is 0 Å². The molecule has 2 aromatic carbocycles. The van der Waals surface area contributed by atoms with Crippen LogP contribution >= 0.6 is 0 Å². The Bertz CT molecular complexity index is 505. The van der Waals surface area contributed by atoms with Crippen molar-refractivity contribution in [3.05, 3.63) is 65.2 Å². The van der Waals surface area contributed by atoms with Gasteiger partial charge < -0.3 is 10.5 Å². The molecule has 2 rings (SSSR count). The van der Waals surface area contributed by atoms with E-state index in [0.717, 1.165) is 11.3 Å². The molecule has 94 valence electrons. The molecule has 0 aromatic heterocycles. The van der Waals surface area contributed by atoms with Crippen LogP contribution in [0.3, 0.4) is 0 Å². The Kier molecular flexibility index (Phi) is 4.00. The predicted molar refractivity (Wildman–Crippen MR) is 74.8 cm³/mol. The van der Waals surface area contributed by atoms with Gasteiger partial charge in [-0.15, -0.1) is 0 Å². The Balaban J connectivity index is 1.96. The quantitative estimate of drug-likeness (QED) is 0.890. The second-order valence-electron chi connectivity index (χ2n) is 4.64. The first-order chi connectivity index (χ1) is 8.65. The summed E-state index contributed by atoms with van der Waals surface area (Å²) in [5, 5.41) is 0. The van der Waals surface area contributed by atoms with E-state index in [1.165, 1.54) is 11.1 Å². The van der Waals surface area contributed by atoms with Crippen molar-refractivity contribution in [3.8, 4) is 5.75 Å². The molecule has 1 atom stereocenters. The zero-order chi connectivity index (χ0) is 13.0. The van der Waals surface area contributed by atoms with Crippen molar-refractivity contribution in [2.45, 2.75) is 19.9 Å². The molecule has 0 fully saturated rings. The third-order valence-corrected chi connectivity index (χ3v) is 2.92. The van der Waals surface area contributed by atoms with Crippen molar-refractivity contribution in [1.82, 2.24) is 0 Å². The molecule has 2 nitrogen and oxygen atoms in total. The van der Waals surface area contributed by atoms with Crippen LogP contribution in [0.4, 0.5) is 0 Å². The lowest BCUT2D eigenvalue weighted by molar-refractivity contribution is 0.290. The molecule has 0 heterocycles. The minimum atomic E-state index is -0.0916. The van der Waals surface area contributed by atoms with Gasteiger partial charge in [0.25, 0.3) is 0 Å². The van der Waals surface area contributed by atoms with E-state index in [-0.39, 0.29) is 6.04 Å². The van der Waals surface area contributed by atoms with Crippen LogP contribution in [0.2, 0.25) is 0 Å². The van der Waals surface area contributed by atoms with Gasteiger partial charge in [0.15, 0.2) is 0 Å². The molecule has 2 aromatic rings. The highest BCUT2D eigenvalue weighted by Gasteiger charge is 2.06. The maximum absolute atomic E-state index is 6.11. The molecule has 18 heavy (non-hydrogen) atoms. The molecule has 2 heteroatoms. The summed E-state index contributed by atoms with van der Waals surface area (Å²) in [4.78, 5) is 0. The fraction of sp³-hybridized carbons (Fsp3) is 0.250. The van der Waals surface area contributed by atoms with Crippen LogP contribution in [-0.4, -0.2) is 6.61 Å². The van der Waals surface area contributed by atoms with E-state index in [2.05, 4.69) is 31.2 Å². The number of benzene rings is 2. The van der Waals surface area contributed by atoms with E-state index >= 15 is 0 Å². The van der Waals surface area contributed by atoms with Crippen LogP contribution in [0.15, 0.2) is 48.5 Å². The zero-order valence-electron chi connectivity index (χ0n) is 10.9. The number of nitrogens with two attached hydrogens (primary N) is 1. The molecule has 0 aliphatic carbocycles. The van der Waals surface area contributed by atoms with Gasteiger partial charge >= 0.3 is 0 Å². The average Bonchev–Trinajstić information content (AvgIpc) is 2.37. The molecular formula is C16H19NO. The van der Waals surface area contributed by atoms with E-state index < -0.39 is 0 Å². The summed E-state index contributed by atoms with van der Waals surface area (Å²) in [7, 11) is 0. The largest absolute Gasteiger partial charge is 0.492 e. The van der Waals surface area contributed by atoms with Gasteiger partial charge in [0.1, 0.15) is 12.4 Å². The highest BCUT2D eigenvalue weighted by atomic mass is 16.5. The van der Waals surface area contributed by atoms with Gasteiger partial charge in [-0.2, -0.15) is 0 Å². The molecule has 0 saturated heterocycles. The van der Waals surface area contributed by atoms with Gasteiger partial charge in [-0.1, -0.05) is 42.0 Å². The minimum Gasteiger partial charge on any atom is -0.492 e. The van der Waals surface area contributed by atoms with Crippen LogP contribution in [0, 0.1) is 13.8 Å². The summed E-state index contributed by atoms with van der Waals surface area (Å²) >= 11 is 0. The Labute approximate surface area is 108 Å². The van der Waals surface area contributed by atoms with E-state index in [9.17, 15) is 0 Å². The monoisotopic (exact) mass is 241 g/mol. The summed E-state index contributed by atoms with van der Waals surface area (Å²) in [6.07, 6.45) is 0. The van der Waals surface area contributed by atoms with Gasteiger partial charge in [-0.3, -0.25) is 0 Å². The Morgan fingerprint density at radius 2 is 1.72 bits per heavy atom. The molecule has 0 spiro atoms. The van der Waals surface area contributed by atoms with Crippen LogP contribution in [0.25, 0.3) is 0 Å². The summed E-state index contributed by atoms with van der Waals surface area (Å²) in [5.41, 5.74) is 9.64. The van der Waals surface area contributed by atoms with E-state index in [1.807, 2.05) is 31.2 Å². The Morgan fingerprint density at radius 1 is 1.00 bits per heavy atom. The first-order valence-corrected chi connectivity index (χ1v) is 6.17. The third kappa shape index (κ3) is 3.34.